The van der Waals surface area contributed by atoms with Crippen LogP contribution in [0.3, 0.4) is 0 Å². The third-order valence-corrected chi connectivity index (χ3v) is 2.47. The van der Waals surface area contributed by atoms with E-state index in [0.29, 0.717) is 6.42 Å². The minimum absolute atomic E-state index is 0.0449. The summed E-state index contributed by atoms with van der Waals surface area (Å²) in [5.41, 5.74) is 1.84. The van der Waals surface area contributed by atoms with Crippen LogP contribution < -0.4 is 0 Å². The SMILES string of the molecule is CC(C)(C)c1cc(O)cc(CCC(=O)O)c1. The first-order valence-corrected chi connectivity index (χ1v) is 5.34. The first-order chi connectivity index (χ1) is 7.29. The van der Waals surface area contributed by atoms with Crippen molar-refractivity contribution in [3.05, 3.63) is 29.3 Å². The second-order valence-corrected chi connectivity index (χ2v) is 5.03. The van der Waals surface area contributed by atoms with E-state index in [1.807, 2.05) is 6.07 Å². The molecule has 1 aromatic carbocycles. The minimum Gasteiger partial charge on any atom is -0.508 e. The van der Waals surface area contributed by atoms with Crippen molar-refractivity contribution in [3.63, 3.8) is 0 Å². The fraction of sp³-hybridized carbons (Fsp3) is 0.462. The Morgan fingerprint density at radius 2 is 1.88 bits per heavy atom. The van der Waals surface area contributed by atoms with Gasteiger partial charge in [-0.05, 0) is 35.1 Å². The zero-order chi connectivity index (χ0) is 12.3. The van der Waals surface area contributed by atoms with E-state index in [-0.39, 0.29) is 17.6 Å². The van der Waals surface area contributed by atoms with E-state index < -0.39 is 5.97 Å². The molecular formula is C13H18O3. The molecule has 2 N–H and O–H groups in total. The maximum atomic E-state index is 10.5. The number of aryl methyl sites for hydroxylation is 1. The highest BCUT2D eigenvalue weighted by Crippen LogP contribution is 2.27. The fourth-order valence-electron chi connectivity index (χ4n) is 1.50. The third-order valence-electron chi connectivity index (χ3n) is 2.47. The highest BCUT2D eigenvalue weighted by Gasteiger charge is 2.15. The molecule has 0 bridgehead atoms. The second kappa shape index (κ2) is 4.56. The second-order valence-electron chi connectivity index (χ2n) is 5.03. The molecule has 0 unspecified atom stereocenters. The lowest BCUT2D eigenvalue weighted by Crippen LogP contribution is -2.11. The van der Waals surface area contributed by atoms with E-state index in [1.54, 1.807) is 12.1 Å². The van der Waals surface area contributed by atoms with Gasteiger partial charge in [-0.25, -0.2) is 0 Å². The molecule has 88 valence electrons. The van der Waals surface area contributed by atoms with Gasteiger partial charge in [-0.15, -0.1) is 0 Å². The van der Waals surface area contributed by atoms with Gasteiger partial charge in [0.25, 0.3) is 0 Å². The Kier molecular flexibility index (Phi) is 3.58. The predicted molar refractivity (Wildman–Crippen MR) is 62.8 cm³/mol. The molecule has 1 rings (SSSR count). The topological polar surface area (TPSA) is 57.5 Å². The average molecular weight is 222 g/mol. The van der Waals surface area contributed by atoms with Crippen molar-refractivity contribution in [2.24, 2.45) is 0 Å². The van der Waals surface area contributed by atoms with Crippen LogP contribution in [0.1, 0.15) is 38.3 Å². The molecule has 0 spiro atoms. The van der Waals surface area contributed by atoms with Crippen molar-refractivity contribution < 1.29 is 15.0 Å². The predicted octanol–water partition coefficient (Wildman–Crippen LogP) is 2.71. The molecule has 0 saturated carbocycles. The van der Waals surface area contributed by atoms with Gasteiger partial charge < -0.3 is 10.2 Å². The molecule has 0 radical (unpaired) electrons. The van der Waals surface area contributed by atoms with E-state index >= 15 is 0 Å². The first kappa shape index (κ1) is 12.6. The molecule has 0 atom stereocenters. The number of carbonyl (C=O) groups is 1. The van der Waals surface area contributed by atoms with Crippen LogP contribution in [0.4, 0.5) is 0 Å². The van der Waals surface area contributed by atoms with Crippen LogP contribution in [-0.4, -0.2) is 16.2 Å². The lowest BCUT2D eigenvalue weighted by molar-refractivity contribution is -0.136. The molecule has 1 aromatic rings. The van der Waals surface area contributed by atoms with Gasteiger partial charge in [-0.3, -0.25) is 4.79 Å². The number of hydrogen-bond donors (Lipinski definition) is 2. The largest absolute Gasteiger partial charge is 0.508 e. The van der Waals surface area contributed by atoms with Crippen molar-refractivity contribution in [1.82, 2.24) is 0 Å². The summed E-state index contributed by atoms with van der Waals surface area (Å²) in [6.45, 7) is 6.17. The van der Waals surface area contributed by atoms with Crippen LogP contribution in [0.25, 0.3) is 0 Å². The molecule has 3 heteroatoms. The first-order valence-electron chi connectivity index (χ1n) is 5.34. The van der Waals surface area contributed by atoms with Gasteiger partial charge in [0.2, 0.25) is 0 Å². The van der Waals surface area contributed by atoms with Gasteiger partial charge in [0.1, 0.15) is 5.75 Å². The Balaban J connectivity index is 2.94. The van der Waals surface area contributed by atoms with E-state index in [1.165, 1.54) is 0 Å². The Labute approximate surface area is 95.7 Å². The summed E-state index contributed by atoms with van der Waals surface area (Å²) in [4.78, 5) is 10.5. The van der Waals surface area contributed by atoms with E-state index in [9.17, 15) is 9.90 Å². The normalized spacial score (nSPS) is 11.4. The summed E-state index contributed by atoms with van der Waals surface area (Å²) in [6.07, 6.45) is 0.542. The summed E-state index contributed by atoms with van der Waals surface area (Å²) in [6, 6.07) is 5.31. The van der Waals surface area contributed by atoms with E-state index in [0.717, 1.165) is 11.1 Å². The van der Waals surface area contributed by atoms with E-state index in [4.69, 9.17) is 5.11 Å². The van der Waals surface area contributed by atoms with Gasteiger partial charge >= 0.3 is 5.97 Å². The van der Waals surface area contributed by atoms with Crippen molar-refractivity contribution in [1.29, 1.82) is 0 Å². The Morgan fingerprint density at radius 1 is 1.25 bits per heavy atom. The summed E-state index contributed by atoms with van der Waals surface area (Å²) in [5.74, 6) is -0.617. The average Bonchev–Trinajstić information content (AvgIpc) is 2.12. The van der Waals surface area contributed by atoms with Crippen LogP contribution in [0.5, 0.6) is 5.75 Å². The van der Waals surface area contributed by atoms with Crippen LogP contribution in [0.2, 0.25) is 0 Å². The molecule has 16 heavy (non-hydrogen) atoms. The van der Waals surface area contributed by atoms with Crippen molar-refractivity contribution >= 4 is 5.97 Å². The number of carboxylic acid groups (broad SMARTS) is 1. The van der Waals surface area contributed by atoms with Crippen molar-refractivity contribution in [2.45, 2.75) is 39.0 Å². The number of benzene rings is 1. The van der Waals surface area contributed by atoms with Crippen molar-refractivity contribution in [2.75, 3.05) is 0 Å². The molecule has 0 aliphatic carbocycles. The Bertz CT molecular complexity index is 389. The number of hydrogen-bond acceptors (Lipinski definition) is 2. The molecule has 0 aromatic heterocycles. The summed E-state index contributed by atoms with van der Waals surface area (Å²) in [5, 5.41) is 18.2. The monoisotopic (exact) mass is 222 g/mol. The van der Waals surface area contributed by atoms with Gasteiger partial charge in [-0.2, -0.15) is 0 Å². The lowest BCUT2D eigenvalue weighted by Gasteiger charge is -2.20. The van der Waals surface area contributed by atoms with Crippen LogP contribution >= 0.6 is 0 Å². The maximum Gasteiger partial charge on any atom is 0.303 e. The number of carboxylic acids is 1. The molecular weight excluding hydrogens is 204 g/mol. The number of aliphatic carboxylic acids is 1. The third kappa shape index (κ3) is 3.57. The van der Waals surface area contributed by atoms with Gasteiger partial charge in [0.15, 0.2) is 0 Å². The van der Waals surface area contributed by atoms with Gasteiger partial charge in [0.05, 0.1) is 0 Å². The standard InChI is InChI=1S/C13H18O3/c1-13(2,3)10-6-9(4-5-12(15)16)7-11(14)8-10/h6-8,14H,4-5H2,1-3H3,(H,15,16). The molecule has 0 amide bonds. The zero-order valence-electron chi connectivity index (χ0n) is 9.95. The van der Waals surface area contributed by atoms with Crippen molar-refractivity contribution in [3.8, 4) is 5.75 Å². The smallest absolute Gasteiger partial charge is 0.303 e. The summed E-state index contributed by atoms with van der Waals surface area (Å²) in [7, 11) is 0. The highest BCUT2D eigenvalue weighted by atomic mass is 16.4. The van der Waals surface area contributed by atoms with Crippen LogP contribution in [-0.2, 0) is 16.6 Å². The molecule has 3 nitrogen and oxygen atoms in total. The maximum absolute atomic E-state index is 10.5. The Morgan fingerprint density at radius 3 is 2.38 bits per heavy atom. The lowest BCUT2D eigenvalue weighted by atomic mass is 9.85. The number of rotatable bonds is 3. The van der Waals surface area contributed by atoms with E-state index in [2.05, 4.69) is 20.8 Å². The number of phenolic OH excluding ortho intramolecular Hbond substituents is 1. The minimum atomic E-state index is -0.819. The molecule has 0 fully saturated rings. The van der Waals surface area contributed by atoms with Crippen LogP contribution in [0, 0.1) is 0 Å². The molecule has 0 aliphatic rings. The highest BCUT2D eigenvalue weighted by molar-refractivity contribution is 5.67. The van der Waals surface area contributed by atoms with Gasteiger partial charge in [0, 0.05) is 6.42 Å². The summed E-state index contributed by atoms with van der Waals surface area (Å²) >= 11 is 0. The molecule has 0 heterocycles. The number of aromatic hydroxyl groups is 1. The fourth-order valence-corrected chi connectivity index (χ4v) is 1.50. The number of phenols is 1. The molecule has 0 aliphatic heterocycles. The van der Waals surface area contributed by atoms with Gasteiger partial charge in [-0.1, -0.05) is 26.8 Å². The quantitative estimate of drug-likeness (QED) is 0.826. The zero-order valence-corrected chi connectivity index (χ0v) is 9.95. The summed E-state index contributed by atoms with van der Waals surface area (Å²) < 4.78 is 0. The molecule has 0 saturated heterocycles. The van der Waals surface area contributed by atoms with Crippen LogP contribution in [0.15, 0.2) is 18.2 Å². The Hall–Kier alpha value is -1.51.